The summed E-state index contributed by atoms with van der Waals surface area (Å²) in [6, 6.07) is 8.59. The van der Waals surface area contributed by atoms with Crippen molar-refractivity contribution in [1.29, 1.82) is 0 Å². The first-order chi connectivity index (χ1) is 13.4. The Labute approximate surface area is 162 Å². The molecule has 1 aromatic carbocycles. The number of carboxylic acid groups (broad SMARTS) is 1. The molecule has 0 saturated heterocycles. The van der Waals surface area contributed by atoms with Gasteiger partial charge in [0.2, 0.25) is 0 Å². The molecular formula is C20H23N5O3. The van der Waals surface area contributed by atoms with E-state index >= 15 is 0 Å². The van der Waals surface area contributed by atoms with Gasteiger partial charge in [-0.1, -0.05) is 6.07 Å². The summed E-state index contributed by atoms with van der Waals surface area (Å²) in [5.41, 5.74) is 2.66. The number of nitrogens with zero attached hydrogens (tertiary/aromatic N) is 3. The number of amides is 2. The molecule has 28 heavy (non-hydrogen) atoms. The summed E-state index contributed by atoms with van der Waals surface area (Å²) in [6.45, 7) is 4.77. The zero-order chi connectivity index (χ0) is 20.1. The largest absolute Gasteiger partial charge is 0.478 e. The van der Waals surface area contributed by atoms with Crippen molar-refractivity contribution >= 4 is 23.0 Å². The average molecular weight is 381 g/mol. The molecule has 146 valence electrons. The van der Waals surface area contributed by atoms with E-state index in [1.165, 1.54) is 0 Å². The predicted molar refractivity (Wildman–Crippen MR) is 105 cm³/mol. The van der Waals surface area contributed by atoms with Gasteiger partial charge in [-0.25, -0.2) is 14.6 Å². The molecule has 0 atom stereocenters. The molecule has 8 heteroatoms. The number of aromatic carboxylic acids is 1. The first-order valence-electron chi connectivity index (χ1n) is 9.09. The van der Waals surface area contributed by atoms with Crippen molar-refractivity contribution in [2.24, 2.45) is 0 Å². The molecule has 2 aromatic heterocycles. The van der Waals surface area contributed by atoms with Crippen LogP contribution in [0.1, 0.15) is 35.6 Å². The van der Waals surface area contributed by atoms with Gasteiger partial charge < -0.3 is 20.3 Å². The third-order valence-corrected chi connectivity index (χ3v) is 4.19. The van der Waals surface area contributed by atoms with E-state index in [9.17, 15) is 14.7 Å². The molecule has 0 aliphatic rings. The minimum atomic E-state index is -0.989. The zero-order valence-electron chi connectivity index (χ0n) is 15.8. The lowest BCUT2D eigenvalue weighted by atomic mass is 10.2. The Morgan fingerprint density at radius 3 is 2.75 bits per heavy atom. The summed E-state index contributed by atoms with van der Waals surface area (Å²) in [7, 11) is 0. The van der Waals surface area contributed by atoms with Crippen LogP contribution in [0.4, 0.5) is 4.79 Å². The molecule has 0 aliphatic heterocycles. The van der Waals surface area contributed by atoms with Crippen molar-refractivity contribution in [3.63, 3.8) is 0 Å². The number of aromatic nitrogens is 3. The van der Waals surface area contributed by atoms with Crippen molar-refractivity contribution in [1.82, 2.24) is 25.2 Å². The Morgan fingerprint density at radius 2 is 2.07 bits per heavy atom. The number of hydrogen-bond donors (Lipinski definition) is 3. The van der Waals surface area contributed by atoms with Crippen LogP contribution >= 0.6 is 0 Å². The molecule has 0 spiro atoms. The number of carbonyl (C=O) groups is 2. The monoisotopic (exact) mass is 381 g/mol. The van der Waals surface area contributed by atoms with Crippen LogP contribution in [-0.4, -0.2) is 44.2 Å². The van der Waals surface area contributed by atoms with Crippen LogP contribution in [0.3, 0.4) is 0 Å². The highest BCUT2D eigenvalue weighted by Gasteiger charge is 2.14. The summed E-state index contributed by atoms with van der Waals surface area (Å²) in [5, 5.41) is 14.8. The van der Waals surface area contributed by atoms with E-state index in [0.29, 0.717) is 25.0 Å². The molecule has 0 saturated carbocycles. The van der Waals surface area contributed by atoms with Crippen molar-refractivity contribution in [3.8, 4) is 0 Å². The van der Waals surface area contributed by atoms with E-state index in [2.05, 4.69) is 20.6 Å². The SMILES string of the molecule is CC(C)NC(=O)NCCc1nc2cc(C(=O)O)ccc2n1Cc1cccnc1. The van der Waals surface area contributed by atoms with E-state index in [1.54, 1.807) is 30.6 Å². The van der Waals surface area contributed by atoms with E-state index in [1.807, 2.05) is 30.5 Å². The number of carbonyl (C=O) groups excluding carboxylic acids is 1. The summed E-state index contributed by atoms with van der Waals surface area (Å²) in [5.74, 6) is -0.219. The van der Waals surface area contributed by atoms with Crippen LogP contribution in [0.15, 0.2) is 42.7 Å². The Hall–Kier alpha value is -3.42. The maximum atomic E-state index is 11.8. The minimum absolute atomic E-state index is 0.0598. The Morgan fingerprint density at radius 1 is 1.25 bits per heavy atom. The molecule has 0 bridgehead atoms. The van der Waals surface area contributed by atoms with E-state index in [0.717, 1.165) is 16.9 Å². The smallest absolute Gasteiger partial charge is 0.335 e. The number of nitrogens with one attached hydrogen (secondary N) is 2. The van der Waals surface area contributed by atoms with Crippen LogP contribution in [-0.2, 0) is 13.0 Å². The van der Waals surface area contributed by atoms with Gasteiger partial charge >= 0.3 is 12.0 Å². The van der Waals surface area contributed by atoms with Gasteiger partial charge in [-0.05, 0) is 43.7 Å². The van der Waals surface area contributed by atoms with E-state index in [-0.39, 0.29) is 17.6 Å². The first-order valence-corrected chi connectivity index (χ1v) is 9.09. The molecule has 2 amide bonds. The van der Waals surface area contributed by atoms with Crippen molar-refractivity contribution in [2.45, 2.75) is 32.9 Å². The average Bonchev–Trinajstić information content (AvgIpc) is 2.98. The van der Waals surface area contributed by atoms with Crippen LogP contribution in [0.2, 0.25) is 0 Å². The summed E-state index contributed by atoms with van der Waals surface area (Å²) in [4.78, 5) is 31.8. The van der Waals surface area contributed by atoms with Gasteiger partial charge in [-0.3, -0.25) is 4.98 Å². The van der Waals surface area contributed by atoms with E-state index in [4.69, 9.17) is 0 Å². The lowest BCUT2D eigenvalue weighted by molar-refractivity contribution is 0.0697. The second kappa shape index (κ2) is 8.51. The van der Waals surface area contributed by atoms with Crippen LogP contribution in [0, 0.1) is 0 Å². The highest BCUT2D eigenvalue weighted by Crippen LogP contribution is 2.20. The maximum Gasteiger partial charge on any atom is 0.335 e. The van der Waals surface area contributed by atoms with Gasteiger partial charge in [-0.15, -0.1) is 0 Å². The number of urea groups is 1. The van der Waals surface area contributed by atoms with Gasteiger partial charge in [0.25, 0.3) is 0 Å². The normalized spacial score (nSPS) is 11.0. The highest BCUT2D eigenvalue weighted by atomic mass is 16.4. The summed E-state index contributed by atoms with van der Waals surface area (Å²) >= 11 is 0. The molecule has 3 aromatic rings. The summed E-state index contributed by atoms with van der Waals surface area (Å²) in [6.07, 6.45) is 4.02. The Kier molecular flexibility index (Phi) is 5.88. The molecule has 0 aliphatic carbocycles. The molecule has 3 rings (SSSR count). The quantitative estimate of drug-likeness (QED) is 0.582. The second-order valence-corrected chi connectivity index (χ2v) is 6.79. The van der Waals surface area contributed by atoms with Gasteiger partial charge in [0.1, 0.15) is 5.82 Å². The Balaban J connectivity index is 1.87. The summed E-state index contributed by atoms with van der Waals surface area (Å²) < 4.78 is 2.03. The molecule has 0 unspecified atom stereocenters. The number of rotatable bonds is 7. The Bertz CT molecular complexity index is 982. The van der Waals surface area contributed by atoms with Crippen LogP contribution < -0.4 is 10.6 Å². The second-order valence-electron chi connectivity index (χ2n) is 6.79. The van der Waals surface area contributed by atoms with Gasteiger partial charge in [-0.2, -0.15) is 0 Å². The van der Waals surface area contributed by atoms with Crippen molar-refractivity contribution in [3.05, 3.63) is 59.7 Å². The molecule has 0 radical (unpaired) electrons. The van der Waals surface area contributed by atoms with Gasteiger partial charge in [0, 0.05) is 31.4 Å². The molecule has 2 heterocycles. The number of pyridine rings is 1. The molecule has 8 nitrogen and oxygen atoms in total. The van der Waals surface area contributed by atoms with Crippen LogP contribution in [0.5, 0.6) is 0 Å². The topological polar surface area (TPSA) is 109 Å². The van der Waals surface area contributed by atoms with Crippen LogP contribution in [0.25, 0.3) is 11.0 Å². The fourth-order valence-electron chi connectivity index (χ4n) is 2.96. The standard InChI is InChI=1S/C20H23N5O3/c1-13(2)23-20(28)22-9-7-18-24-16-10-15(19(26)27)5-6-17(16)25(18)12-14-4-3-8-21-11-14/h3-6,8,10-11,13H,7,9,12H2,1-2H3,(H,26,27)(H2,22,23,28). The number of hydrogen-bond acceptors (Lipinski definition) is 4. The minimum Gasteiger partial charge on any atom is -0.478 e. The maximum absolute atomic E-state index is 11.8. The highest BCUT2D eigenvalue weighted by molar-refractivity contribution is 5.92. The number of fused-ring (bicyclic) bond motifs is 1. The first kappa shape index (κ1) is 19.3. The zero-order valence-corrected chi connectivity index (χ0v) is 15.8. The van der Waals surface area contributed by atoms with Gasteiger partial charge in [0.15, 0.2) is 0 Å². The fourth-order valence-corrected chi connectivity index (χ4v) is 2.96. The number of carboxylic acids is 1. The van der Waals surface area contributed by atoms with Crippen molar-refractivity contribution < 1.29 is 14.7 Å². The third-order valence-electron chi connectivity index (χ3n) is 4.19. The lowest BCUT2D eigenvalue weighted by Crippen LogP contribution is -2.40. The molecule has 0 fully saturated rings. The van der Waals surface area contributed by atoms with E-state index < -0.39 is 5.97 Å². The fraction of sp³-hybridized carbons (Fsp3) is 0.300. The molecular weight excluding hydrogens is 358 g/mol. The lowest BCUT2D eigenvalue weighted by Gasteiger charge is -2.11. The number of imidazole rings is 1. The molecule has 3 N–H and O–H groups in total. The van der Waals surface area contributed by atoms with Gasteiger partial charge in [0.05, 0.1) is 23.1 Å². The predicted octanol–water partition coefficient (Wildman–Crippen LogP) is 2.43. The third kappa shape index (κ3) is 4.64. The number of benzene rings is 1. The van der Waals surface area contributed by atoms with Crippen molar-refractivity contribution in [2.75, 3.05) is 6.54 Å².